The van der Waals surface area contributed by atoms with Gasteiger partial charge in [-0.15, -0.1) is 11.3 Å². The van der Waals surface area contributed by atoms with Gasteiger partial charge in [-0.3, -0.25) is 4.79 Å². The van der Waals surface area contributed by atoms with Crippen LogP contribution in [0.3, 0.4) is 0 Å². The summed E-state index contributed by atoms with van der Waals surface area (Å²) in [7, 11) is 0. The van der Waals surface area contributed by atoms with E-state index in [1.54, 1.807) is 6.07 Å². The summed E-state index contributed by atoms with van der Waals surface area (Å²) in [5.41, 5.74) is 6.64. The highest BCUT2D eigenvalue weighted by Crippen LogP contribution is 2.35. The summed E-state index contributed by atoms with van der Waals surface area (Å²) in [6.07, 6.45) is 2.09. The molecule has 1 aromatic carbocycles. The van der Waals surface area contributed by atoms with E-state index >= 15 is 0 Å². The molecule has 2 aromatic rings. The molecule has 5 heteroatoms. The molecule has 21 heavy (non-hydrogen) atoms. The van der Waals surface area contributed by atoms with Gasteiger partial charge in [-0.1, -0.05) is 31.9 Å². The Balaban J connectivity index is 2.18. The minimum atomic E-state index is -0.0966. The van der Waals surface area contributed by atoms with E-state index in [4.69, 9.17) is 17.3 Å². The summed E-state index contributed by atoms with van der Waals surface area (Å²) in [5.74, 6) is 0.500. The van der Waals surface area contributed by atoms with Crippen LogP contribution in [0.5, 0.6) is 0 Å². The molecular weight excluding hydrogens is 304 g/mol. The molecule has 0 spiro atoms. The third-order valence-electron chi connectivity index (χ3n) is 3.73. The molecule has 0 aliphatic carbocycles. The van der Waals surface area contributed by atoms with E-state index in [0.29, 0.717) is 21.5 Å². The summed E-state index contributed by atoms with van der Waals surface area (Å²) in [4.78, 5) is 13.0. The Morgan fingerprint density at radius 3 is 2.81 bits per heavy atom. The van der Waals surface area contributed by atoms with Crippen LogP contribution in [0.2, 0.25) is 5.02 Å². The lowest BCUT2D eigenvalue weighted by molar-refractivity contribution is 0.0940. The van der Waals surface area contributed by atoms with Gasteiger partial charge in [0.1, 0.15) is 4.88 Å². The molecular formula is C16H21ClN2OS. The number of carbonyl (C=O) groups excluding carboxylic acids is 1. The Morgan fingerprint density at radius 2 is 2.14 bits per heavy atom. The highest BCUT2D eigenvalue weighted by molar-refractivity contribution is 7.21. The first kappa shape index (κ1) is 16.1. The number of hydrogen-bond donors (Lipinski definition) is 2. The summed E-state index contributed by atoms with van der Waals surface area (Å²) >= 11 is 7.37. The zero-order chi connectivity index (χ0) is 15.6. The number of thiophene rings is 1. The maximum absolute atomic E-state index is 12.4. The Bertz CT molecular complexity index is 653. The van der Waals surface area contributed by atoms with Crippen molar-refractivity contribution in [3.8, 4) is 0 Å². The maximum Gasteiger partial charge on any atom is 0.263 e. The predicted molar refractivity (Wildman–Crippen MR) is 92.2 cm³/mol. The molecule has 1 aromatic heterocycles. The van der Waals surface area contributed by atoms with E-state index in [-0.39, 0.29) is 11.9 Å². The van der Waals surface area contributed by atoms with Crippen molar-refractivity contribution in [2.75, 3.05) is 5.73 Å². The van der Waals surface area contributed by atoms with Crippen LogP contribution in [0.25, 0.3) is 10.1 Å². The van der Waals surface area contributed by atoms with Crippen LogP contribution in [0.1, 0.15) is 43.3 Å². The minimum absolute atomic E-state index is 0.0966. The topological polar surface area (TPSA) is 55.1 Å². The molecule has 1 amide bonds. The molecule has 1 heterocycles. The first-order valence-electron chi connectivity index (χ1n) is 7.20. The molecule has 2 rings (SSSR count). The normalized spacial score (nSPS) is 14.1. The molecule has 0 saturated heterocycles. The van der Waals surface area contributed by atoms with E-state index in [0.717, 1.165) is 22.9 Å². The van der Waals surface area contributed by atoms with Crippen molar-refractivity contribution >= 4 is 44.6 Å². The number of nitrogens with one attached hydrogen (secondary N) is 1. The van der Waals surface area contributed by atoms with Crippen LogP contribution < -0.4 is 11.1 Å². The third kappa shape index (κ3) is 3.69. The van der Waals surface area contributed by atoms with Gasteiger partial charge in [-0.25, -0.2) is 0 Å². The zero-order valence-corrected chi connectivity index (χ0v) is 14.1. The van der Waals surface area contributed by atoms with Gasteiger partial charge in [0.05, 0.1) is 5.69 Å². The van der Waals surface area contributed by atoms with Crippen molar-refractivity contribution in [1.29, 1.82) is 0 Å². The summed E-state index contributed by atoms with van der Waals surface area (Å²) in [6.45, 7) is 6.38. The van der Waals surface area contributed by atoms with Gasteiger partial charge in [0.25, 0.3) is 5.91 Å². The number of fused-ring (bicyclic) bond motifs is 1. The number of hydrogen-bond acceptors (Lipinski definition) is 3. The minimum Gasteiger partial charge on any atom is -0.397 e. The van der Waals surface area contributed by atoms with Gasteiger partial charge < -0.3 is 11.1 Å². The van der Waals surface area contributed by atoms with Crippen molar-refractivity contribution in [2.45, 2.75) is 39.7 Å². The monoisotopic (exact) mass is 324 g/mol. The molecule has 0 aliphatic heterocycles. The molecule has 0 fully saturated rings. The van der Waals surface area contributed by atoms with E-state index in [1.165, 1.54) is 11.3 Å². The Kier molecular flexibility index (Phi) is 5.12. The van der Waals surface area contributed by atoms with Gasteiger partial charge in [-0.05, 0) is 37.5 Å². The second-order valence-electron chi connectivity index (χ2n) is 5.61. The largest absolute Gasteiger partial charge is 0.397 e. The molecule has 2 unspecified atom stereocenters. The van der Waals surface area contributed by atoms with Crippen molar-refractivity contribution in [3.63, 3.8) is 0 Å². The van der Waals surface area contributed by atoms with E-state index in [1.807, 2.05) is 19.1 Å². The van der Waals surface area contributed by atoms with Crippen molar-refractivity contribution in [3.05, 3.63) is 28.1 Å². The first-order chi connectivity index (χ1) is 9.92. The molecule has 0 radical (unpaired) electrons. The number of benzene rings is 1. The van der Waals surface area contributed by atoms with E-state index in [2.05, 4.69) is 19.2 Å². The average molecular weight is 325 g/mol. The lowest BCUT2D eigenvalue weighted by Crippen LogP contribution is -2.33. The van der Waals surface area contributed by atoms with Crippen molar-refractivity contribution in [2.24, 2.45) is 5.92 Å². The SMILES string of the molecule is CCC(C)CC(C)NC(=O)c1sc2cc(Cl)ccc2c1N. The van der Waals surface area contributed by atoms with Crippen LogP contribution in [0.4, 0.5) is 5.69 Å². The van der Waals surface area contributed by atoms with Gasteiger partial charge in [0.2, 0.25) is 0 Å². The van der Waals surface area contributed by atoms with Crippen LogP contribution >= 0.6 is 22.9 Å². The molecule has 0 saturated carbocycles. The number of halogens is 1. The van der Waals surface area contributed by atoms with Gasteiger partial charge in [0.15, 0.2) is 0 Å². The molecule has 2 atom stereocenters. The Morgan fingerprint density at radius 1 is 1.43 bits per heavy atom. The lowest BCUT2D eigenvalue weighted by Gasteiger charge is -2.17. The van der Waals surface area contributed by atoms with Gasteiger partial charge in [-0.2, -0.15) is 0 Å². The number of carbonyl (C=O) groups is 1. The first-order valence-corrected chi connectivity index (χ1v) is 8.40. The number of nitrogen functional groups attached to an aromatic ring is 1. The fraction of sp³-hybridized carbons (Fsp3) is 0.438. The van der Waals surface area contributed by atoms with Gasteiger partial charge in [0, 0.05) is 21.2 Å². The summed E-state index contributed by atoms with van der Waals surface area (Å²) < 4.78 is 0.944. The molecule has 3 nitrogen and oxygen atoms in total. The second kappa shape index (κ2) is 6.67. The van der Waals surface area contributed by atoms with E-state index in [9.17, 15) is 4.79 Å². The Hall–Kier alpha value is -1.26. The van der Waals surface area contributed by atoms with Crippen molar-refractivity contribution < 1.29 is 4.79 Å². The number of rotatable bonds is 5. The summed E-state index contributed by atoms with van der Waals surface area (Å²) in [5, 5.41) is 4.58. The molecule has 0 bridgehead atoms. The number of nitrogens with two attached hydrogens (primary N) is 1. The Labute approximate surface area is 134 Å². The molecule has 114 valence electrons. The van der Waals surface area contributed by atoms with E-state index < -0.39 is 0 Å². The van der Waals surface area contributed by atoms with Crippen LogP contribution in [-0.4, -0.2) is 11.9 Å². The molecule has 3 N–H and O–H groups in total. The highest BCUT2D eigenvalue weighted by Gasteiger charge is 2.18. The standard InChI is InChI=1S/C16H21ClN2OS/c1-4-9(2)7-10(3)19-16(20)15-14(18)12-6-5-11(17)8-13(12)21-15/h5-6,8-10H,4,7,18H2,1-3H3,(H,19,20). The predicted octanol–water partition coefficient (Wildman–Crippen LogP) is 4.69. The van der Waals surface area contributed by atoms with Gasteiger partial charge >= 0.3 is 0 Å². The van der Waals surface area contributed by atoms with Crippen molar-refractivity contribution in [1.82, 2.24) is 5.32 Å². The van der Waals surface area contributed by atoms with Crippen LogP contribution in [0.15, 0.2) is 18.2 Å². The smallest absolute Gasteiger partial charge is 0.263 e. The number of anilines is 1. The summed E-state index contributed by atoms with van der Waals surface area (Å²) in [6, 6.07) is 5.64. The quantitative estimate of drug-likeness (QED) is 0.838. The average Bonchev–Trinajstić information content (AvgIpc) is 2.75. The highest BCUT2D eigenvalue weighted by atomic mass is 35.5. The lowest BCUT2D eigenvalue weighted by atomic mass is 10.0. The van der Waals surface area contributed by atoms with Crippen LogP contribution in [0, 0.1) is 5.92 Å². The third-order valence-corrected chi connectivity index (χ3v) is 5.13. The molecule has 0 aliphatic rings. The zero-order valence-electron chi connectivity index (χ0n) is 12.6. The number of amides is 1. The fourth-order valence-corrected chi connectivity index (χ4v) is 3.68. The van der Waals surface area contributed by atoms with Crippen LogP contribution in [-0.2, 0) is 0 Å². The maximum atomic E-state index is 12.4. The second-order valence-corrected chi connectivity index (χ2v) is 7.10. The fourth-order valence-electron chi connectivity index (χ4n) is 2.38.